The molecule has 0 amide bonds. The highest BCUT2D eigenvalue weighted by molar-refractivity contribution is 6.37. The first-order chi connectivity index (χ1) is 9.24. The summed E-state index contributed by atoms with van der Waals surface area (Å²) in [6.45, 7) is 0. The number of anilines is 1. The lowest BCUT2D eigenvalue weighted by molar-refractivity contribution is -0.137. The Balaban J connectivity index is 2.64. The maximum absolute atomic E-state index is 12.6. The predicted octanol–water partition coefficient (Wildman–Crippen LogP) is 3.76. The number of hydrogen-bond donors (Lipinski definition) is 1. The first-order valence-electron chi connectivity index (χ1n) is 5.13. The number of rotatable bonds is 1. The molecule has 8 heteroatoms. The number of nitrogen functional groups attached to an aromatic ring is 1. The third kappa shape index (κ3) is 2.55. The summed E-state index contributed by atoms with van der Waals surface area (Å²) in [5, 5.41) is 3.45. The minimum Gasteiger partial charge on any atom is -0.384 e. The van der Waals surface area contributed by atoms with Crippen molar-refractivity contribution in [1.29, 1.82) is 0 Å². The van der Waals surface area contributed by atoms with Gasteiger partial charge in [-0.05, 0) is 18.1 Å². The molecule has 0 aliphatic rings. The predicted molar refractivity (Wildman–Crippen MR) is 70.9 cm³/mol. The zero-order valence-corrected chi connectivity index (χ0v) is 11.2. The van der Waals surface area contributed by atoms with Crippen LogP contribution in [0.5, 0.6) is 0 Å². The van der Waals surface area contributed by atoms with Crippen LogP contribution in [0.15, 0.2) is 18.2 Å². The second kappa shape index (κ2) is 4.93. The molecule has 0 atom stereocenters. The maximum Gasteiger partial charge on any atom is 0.416 e. The van der Waals surface area contributed by atoms with Gasteiger partial charge >= 0.3 is 6.18 Å². The number of aromatic nitrogens is 2. The minimum atomic E-state index is -4.55. The van der Waals surface area contributed by atoms with Crippen LogP contribution in [0.3, 0.4) is 0 Å². The molecule has 0 bridgehead atoms. The van der Waals surface area contributed by atoms with Gasteiger partial charge in [-0.3, -0.25) is 0 Å². The van der Waals surface area contributed by atoms with Crippen LogP contribution in [0.2, 0.25) is 10.0 Å². The summed E-state index contributed by atoms with van der Waals surface area (Å²) in [5.74, 6) is 2.37. The average molecular weight is 320 g/mol. The summed E-state index contributed by atoms with van der Waals surface area (Å²) in [4.78, 5) is 0. The third-order valence-corrected chi connectivity index (χ3v) is 3.02. The van der Waals surface area contributed by atoms with Crippen LogP contribution in [-0.2, 0) is 6.18 Å². The molecule has 0 fully saturated rings. The fraction of sp³-hybridized carbons (Fsp3) is 0.0833. The Kier molecular flexibility index (Phi) is 3.59. The Bertz CT molecular complexity index is 691. The molecule has 0 saturated heterocycles. The van der Waals surface area contributed by atoms with E-state index < -0.39 is 11.7 Å². The van der Waals surface area contributed by atoms with Crippen molar-refractivity contribution in [3.8, 4) is 18.0 Å². The molecule has 3 nitrogen and oxygen atoms in total. The van der Waals surface area contributed by atoms with E-state index in [1.165, 1.54) is 6.07 Å². The molecule has 1 aromatic carbocycles. The van der Waals surface area contributed by atoms with Gasteiger partial charge in [0.05, 0.1) is 15.6 Å². The number of terminal acetylenes is 1. The normalized spacial score (nSPS) is 11.4. The highest BCUT2D eigenvalue weighted by Crippen LogP contribution is 2.37. The Morgan fingerprint density at radius 2 is 1.75 bits per heavy atom. The Labute approximate surface area is 122 Å². The zero-order chi connectivity index (χ0) is 15.1. The maximum atomic E-state index is 12.6. The van der Waals surface area contributed by atoms with Crippen LogP contribution in [0.4, 0.5) is 19.0 Å². The highest BCUT2D eigenvalue weighted by atomic mass is 35.5. The van der Waals surface area contributed by atoms with Gasteiger partial charge in [-0.25, -0.2) is 4.68 Å². The monoisotopic (exact) mass is 319 g/mol. The van der Waals surface area contributed by atoms with Gasteiger partial charge in [-0.1, -0.05) is 23.2 Å². The lowest BCUT2D eigenvalue weighted by atomic mass is 10.2. The van der Waals surface area contributed by atoms with Crippen molar-refractivity contribution in [2.45, 2.75) is 6.18 Å². The molecule has 1 aromatic heterocycles. The van der Waals surface area contributed by atoms with E-state index in [9.17, 15) is 13.2 Å². The molecule has 2 N–H and O–H groups in total. The van der Waals surface area contributed by atoms with Gasteiger partial charge in [0, 0.05) is 6.07 Å². The van der Waals surface area contributed by atoms with Crippen molar-refractivity contribution >= 4 is 29.0 Å². The summed E-state index contributed by atoms with van der Waals surface area (Å²) in [6, 6.07) is 2.88. The Morgan fingerprint density at radius 3 is 2.15 bits per heavy atom. The van der Waals surface area contributed by atoms with Gasteiger partial charge in [-0.2, -0.15) is 18.3 Å². The van der Waals surface area contributed by atoms with E-state index in [0.29, 0.717) is 0 Å². The Morgan fingerprint density at radius 1 is 1.20 bits per heavy atom. The molecule has 2 rings (SSSR count). The summed E-state index contributed by atoms with van der Waals surface area (Å²) >= 11 is 11.7. The van der Waals surface area contributed by atoms with Crippen LogP contribution < -0.4 is 5.73 Å². The smallest absolute Gasteiger partial charge is 0.384 e. The molecular formula is C12H6Cl2F3N3. The fourth-order valence-corrected chi connectivity index (χ4v) is 2.22. The molecule has 0 radical (unpaired) electrons. The van der Waals surface area contributed by atoms with Crippen LogP contribution in [0.1, 0.15) is 11.3 Å². The van der Waals surface area contributed by atoms with Gasteiger partial charge in [0.25, 0.3) is 0 Å². The van der Waals surface area contributed by atoms with Crippen LogP contribution in [-0.4, -0.2) is 9.78 Å². The summed E-state index contributed by atoms with van der Waals surface area (Å²) < 4.78 is 39.0. The second-order valence-electron chi connectivity index (χ2n) is 3.80. The number of benzene rings is 1. The highest BCUT2D eigenvalue weighted by Gasteiger charge is 2.32. The molecular weight excluding hydrogens is 314 g/mol. The SMILES string of the molecule is C#Cc1cc(N)n(-c2c(Cl)cc(C(F)(F)F)cc2Cl)n1. The lowest BCUT2D eigenvalue weighted by Gasteiger charge is -2.13. The largest absolute Gasteiger partial charge is 0.416 e. The average Bonchev–Trinajstić information content (AvgIpc) is 2.69. The van der Waals surface area contributed by atoms with E-state index in [4.69, 9.17) is 35.4 Å². The lowest BCUT2D eigenvalue weighted by Crippen LogP contribution is -2.08. The number of nitrogens with zero attached hydrogens (tertiary/aromatic N) is 2. The van der Waals surface area contributed by atoms with E-state index in [1.807, 2.05) is 0 Å². The first kappa shape index (κ1) is 14.6. The summed E-state index contributed by atoms with van der Waals surface area (Å²) in [5.41, 5.74) is 4.98. The van der Waals surface area contributed by atoms with Crippen LogP contribution in [0, 0.1) is 12.3 Å². The quantitative estimate of drug-likeness (QED) is 0.813. The van der Waals surface area contributed by atoms with E-state index >= 15 is 0 Å². The van der Waals surface area contributed by atoms with Crippen molar-refractivity contribution in [2.75, 3.05) is 5.73 Å². The van der Waals surface area contributed by atoms with E-state index in [2.05, 4.69) is 11.0 Å². The van der Waals surface area contributed by atoms with Gasteiger partial charge < -0.3 is 5.73 Å². The zero-order valence-electron chi connectivity index (χ0n) is 9.67. The first-order valence-corrected chi connectivity index (χ1v) is 5.88. The number of alkyl halides is 3. The van der Waals surface area contributed by atoms with Crippen LogP contribution in [0.25, 0.3) is 5.69 Å². The number of hydrogen-bond acceptors (Lipinski definition) is 2. The van der Waals surface area contributed by atoms with E-state index in [0.717, 1.165) is 16.8 Å². The van der Waals surface area contributed by atoms with E-state index in [1.54, 1.807) is 0 Å². The minimum absolute atomic E-state index is 0.0420. The topological polar surface area (TPSA) is 43.8 Å². The molecule has 0 aliphatic carbocycles. The Hall–Kier alpha value is -1.84. The molecule has 0 aliphatic heterocycles. The molecule has 1 heterocycles. The van der Waals surface area contributed by atoms with Crippen molar-refractivity contribution in [3.63, 3.8) is 0 Å². The van der Waals surface area contributed by atoms with Gasteiger partial charge in [0.2, 0.25) is 0 Å². The molecule has 104 valence electrons. The molecule has 2 aromatic rings. The summed E-state index contributed by atoms with van der Waals surface area (Å²) in [6.07, 6.45) is 0.621. The molecule has 0 unspecified atom stereocenters. The second-order valence-corrected chi connectivity index (χ2v) is 4.61. The number of halogens is 5. The van der Waals surface area contributed by atoms with Crippen molar-refractivity contribution in [3.05, 3.63) is 39.5 Å². The third-order valence-electron chi connectivity index (χ3n) is 2.44. The van der Waals surface area contributed by atoms with Gasteiger partial charge in [0.1, 0.15) is 17.2 Å². The fourth-order valence-electron chi connectivity index (χ4n) is 1.58. The van der Waals surface area contributed by atoms with Gasteiger partial charge in [0.15, 0.2) is 0 Å². The molecule has 20 heavy (non-hydrogen) atoms. The number of nitrogens with two attached hydrogens (primary N) is 1. The van der Waals surface area contributed by atoms with Crippen molar-refractivity contribution in [2.24, 2.45) is 0 Å². The van der Waals surface area contributed by atoms with Crippen molar-refractivity contribution in [1.82, 2.24) is 9.78 Å². The van der Waals surface area contributed by atoms with E-state index in [-0.39, 0.29) is 27.2 Å². The molecule has 0 saturated carbocycles. The van der Waals surface area contributed by atoms with Gasteiger partial charge in [-0.15, -0.1) is 6.42 Å². The molecule has 0 spiro atoms. The summed E-state index contributed by atoms with van der Waals surface area (Å²) in [7, 11) is 0. The van der Waals surface area contributed by atoms with Crippen molar-refractivity contribution < 1.29 is 13.2 Å². The van der Waals surface area contributed by atoms with Crippen LogP contribution >= 0.6 is 23.2 Å². The standard InChI is InChI=1S/C12H6Cl2F3N3/c1-2-7-5-10(18)20(19-7)11-8(13)3-6(4-9(11)14)12(15,16)17/h1,3-5H,18H2.